The molecule has 3 heterocycles. The fraction of sp³-hybridized carbons (Fsp3) is 0. The van der Waals surface area contributed by atoms with Gasteiger partial charge in [-0.3, -0.25) is 4.57 Å². The van der Waals surface area contributed by atoms with Crippen molar-refractivity contribution < 1.29 is 4.42 Å². The lowest BCUT2D eigenvalue weighted by Gasteiger charge is -2.10. The minimum atomic E-state index is 0.598. The Bertz CT molecular complexity index is 2460. The van der Waals surface area contributed by atoms with Crippen molar-refractivity contribution in [2.75, 3.05) is 0 Å². The van der Waals surface area contributed by atoms with E-state index in [-0.39, 0.29) is 0 Å². The molecule has 9 aromatic rings. The summed E-state index contributed by atoms with van der Waals surface area (Å²) in [6, 6.07) is 41.6. The SMILES string of the molecule is c1ccc(-n2c3cccc4c3c3c5c(ccc32)ccc2c5c3c-4cccc3n2-c2nc3ccccc3o2)cc1. The van der Waals surface area contributed by atoms with Crippen molar-refractivity contribution in [3.05, 3.63) is 115 Å². The summed E-state index contributed by atoms with van der Waals surface area (Å²) in [7, 11) is 0. The molecule has 0 radical (unpaired) electrons. The summed E-state index contributed by atoms with van der Waals surface area (Å²) in [6.07, 6.45) is 0. The summed E-state index contributed by atoms with van der Waals surface area (Å²) >= 11 is 0. The van der Waals surface area contributed by atoms with Gasteiger partial charge in [-0.2, -0.15) is 4.98 Å². The highest BCUT2D eigenvalue weighted by Crippen LogP contribution is 2.51. The Hall–Kier alpha value is -5.35. The van der Waals surface area contributed by atoms with Gasteiger partial charge < -0.3 is 8.98 Å². The van der Waals surface area contributed by atoms with E-state index in [9.17, 15) is 0 Å². The van der Waals surface area contributed by atoms with Crippen LogP contribution in [0, 0.1) is 0 Å². The van der Waals surface area contributed by atoms with Crippen LogP contribution in [0.4, 0.5) is 0 Å². The number of aromatic nitrogens is 3. The molecule has 0 amide bonds. The molecule has 0 atom stereocenters. The molecule has 0 saturated carbocycles. The lowest BCUT2D eigenvalue weighted by molar-refractivity contribution is 0.574. The first-order valence-electron chi connectivity index (χ1n) is 13.2. The van der Waals surface area contributed by atoms with Crippen molar-refractivity contribution in [1.82, 2.24) is 14.1 Å². The van der Waals surface area contributed by atoms with Crippen molar-refractivity contribution in [3.8, 4) is 22.8 Å². The average molecular weight is 498 g/mol. The van der Waals surface area contributed by atoms with Crippen LogP contribution >= 0.6 is 0 Å². The maximum Gasteiger partial charge on any atom is 0.307 e. The van der Waals surface area contributed by atoms with Gasteiger partial charge in [-0.1, -0.05) is 66.7 Å². The number of rotatable bonds is 2. The lowest BCUT2D eigenvalue weighted by atomic mass is 9.98. The van der Waals surface area contributed by atoms with Crippen LogP contribution in [0.5, 0.6) is 0 Å². The molecular formula is C35H19N3O. The first-order chi connectivity index (χ1) is 19.4. The second kappa shape index (κ2) is 6.74. The molecular weight excluding hydrogens is 478 g/mol. The van der Waals surface area contributed by atoms with Crippen molar-refractivity contribution >= 4 is 65.5 Å². The second-order valence-corrected chi connectivity index (χ2v) is 10.4. The van der Waals surface area contributed by atoms with E-state index in [1.54, 1.807) is 0 Å². The van der Waals surface area contributed by atoms with Gasteiger partial charge in [-0.15, -0.1) is 0 Å². The van der Waals surface area contributed by atoms with Crippen LogP contribution in [0.15, 0.2) is 120 Å². The first kappa shape index (κ1) is 19.7. The molecule has 0 aliphatic heterocycles. The van der Waals surface area contributed by atoms with E-state index in [1.807, 2.05) is 24.3 Å². The molecule has 39 heavy (non-hydrogen) atoms. The maximum absolute atomic E-state index is 6.35. The molecule has 4 nitrogen and oxygen atoms in total. The zero-order valence-corrected chi connectivity index (χ0v) is 20.7. The van der Waals surface area contributed by atoms with Gasteiger partial charge in [0.1, 0.15) is 5.52 Å². The number of para-hydroxylation sites is 3. The van der Waals surface area contributed by atoms with Gasteiger partial charge in [-0.25, -0.2) is 0 Å². The quantitative estimate of drug-likeness (QED) is 0.239. The summed E-state index contributed by atoms with van der Waals surface area (Å²) in [4.78, 5) is 4.92. The molecule has 0 bridgehead atoms. The van der Waals surface area contributed by atoms with Crippen LogP contribution in [-0.4, -0.2) is 14.1 Å². The molecule has 1 aliphatic carbocycles. The number of hydrogen-bond donors (Lipinski definition) is 0. The average Bonchev–Trinajstić information content (AvgIpc) is 3.64. The fourth-order valence-electron chi connectivity index (χ4n) is 6.98. The molecule has 0 spiro atoms. The van der Waals surface area contributed by atoms with Crippen LogP contribution in [0.3, 0.4) is 0 Å². The Morgan fingerprint density at radius 2 is 1.08 bits per heavy atom. The monoisotopic (exact) mass is 497 g/mol. The zero-order valence-electron chi connectivity index (χ0n) is 20.7. The van der Waals surface area contributed by atoms with E-state index in [0.717, 1.165) is 22.1 Å². The number of hydrogen-bond acceptors (Lipinski definition) is 2. The Balaban J connectivity index is 1.49. The van der Waals surface area contributed by atoms with Gasteiger partial charge in [0, 0.05) is 32.6 Å². The molecule has 4 heteroatoms. The maximum atomic E-state index is 6.35. The van der Waals surface area contributed by atoms with E-state index in [1.165, 1.54) is 60.2 Å². The highest BCUT2D eigenvalue weighted by atomic mass is 16.4. The smallest absolute Gasteiger partial charge is 0.307 e. The largest absolute Gasteiger partial charge is 0.423 e. The molecule has 0 fully saturated rings. The van der Waals surface area contributed by atoms with Crippen LogP contribution in [0.1, 0.15) is 0 Å². The number of oxazole rings is 1. The van der Waals surface area contributed by atoms with E-state index < -0.39 is 0 Å². The van der Waals surface area contributed by atoms with Crippen LogP contribution in [0.2, 0.25) is 0 Å². The molecule has 0 N–H and O–H groups in total. The first-order valence-corrected chi connectivity index (χ1v) is 13.2. The second-order valence-electron chi connectivity index (χ2n) is 10.4. The third kappa shape index (κ3) is 2.29. The van der Waals surface area contributed by atoms with Crippen molar-refractivity contribution in [2.45, 2.75) is 0 Å². The molecule has 1 aliphatic rings. The highest BCUT2D eigenvalue weighted by Gasteiger charge is 2.27. The van der Waals surface area contributed by atoms with E-state index in [2.05, 4.69) is 100 Å². The Kier molecular flexibility index (Phi) is 3.41. The highest BCUT2D eigenvalue weighted by molar-refractivity contribution is 6.38. The predicted molar refractivity (Wildman–Crippen MR) is 159 cm³/mol. The summed E-state index contributed by atoms with van der Waals surface area (Å²) in [5.74, 6) is 0. The van der Waals surface area contributed by atoms with Gasteiger partial charge in [0.25, 0.3) is 0 Å². The molecule has 6 aromatic carbocycles. The third-order valence-corrected chi connectivity index (χ3v) is 8.47. The minimum Gasteiger partial charge on any atom is -0.423 e. The van der Waals surface area contributed by atoms with Gasteiger partial charge in [-0.05, 0) is 65.0 Å². The number of benzene rings is 6. The summed E-state index contributed by atoms with van der Waals surface area (Å²) < 4.78 is 11.0. The number of fused-ring (bicyclic) bond motifs is 2. The van der Waals surface area contributed by atoms with Gasteiger partial charge in [0.05, 0.1) is 22.1 Å². The molecule has 180 valence electrons. The molecule has 10 rings (SSSR count). The molecule has 0 unspecified atom stereocenters. The molecule has 3 aromatic heterocycles. The Morgan fingerprint density at radius 1 is 0.462 bits per heavy atom. The lowest BCUT2D eigenvalue weighted by Crippen LogP contribution is -1.94. The zero-order chi connectivity index (χ0) is 25.2. The fourth-order valence-corrected chi connectivity index (χ4v) is 6.98. The number of nitrogens with zero attached hydrogens (tertiary/aromatic N) is 3. The Morgan fingerprint density at radius 3 is 1.79 bits per heavy atom. The predicted octanol–water partition coefficient (Wildman–Crippen LogP) is 9.16. The van der Waals surface area contributed by atoms with Crippen LogP contribution in [0.25, 0.3) is 88.3 Å². The van der Waals surface area contributed by atoms with Crippen molar-refractivity contribution in [2.24, 2.45) is 0 Å². The summed E-state index contributed by atoms with van der Waals surface area (Å²) in [5, 5.41) is 7.66. The summed E-state index contributed by atoms with van der Waals surface area (Å²) in [6.45, 7) is 0. The van der Waals surface area contributed by atoms with E-state index in [0.29, 0.717) is 6.01 Å². The summed E-state index contributed by atoms with van der Waals surface area (Å²) in [5.41, 5.74) is 10.00. The minimum absolute atomic E-state index is 0.598. The van der Waals surface area contributed by atoms with Gasteiger partial charge >= 0.3 is 6.01 Å². The van der Waals surface area contributed by atoms with Gasteiger partial charge in [0.15, 0.2) is 5.58 Å². The van der Waals surface area contributed by atoms with Crippen molar-refractivity contribution in [3.63, 3.8) is 0 Å². The standard InChI is InChI=1S/C35H19N3O/c1-2-8-21(9-3-1)37-25-13-6-10-22-23-11-7-14-26-32(23)34-28(38(26)35-36-24-12-4-5-15-29(24)39-35)19-17-20-16-18-27(37)33(30(20)34)31(22)25/h1-19H. The van der Waals surface area contributed by atoms with Gasteiger partial charge in [0.2, 0.25) is 0 Å². The Labute approximate surface area is 221 Å². The van der Waals surface area contributed by atoms with Crippen LogP contribution in [-0.2, 0) is 0 Å². The normalized spacial score (nSPS) is 12.6. The van der Waals surface area contributed by atoms with Crippen molar-refractivity contribution in [1.29, 1.82) is 0 Å². The topological polar surface area (TPSA) is 35.9 Å². The van der Waals surface area contributed by atoms with Crippen LogP contribution < -0.4 is 0 Å². The molecule has 0 saturated heterocycles. The third-order valence-electron chi connectivity index (χ3n) is 8.47. The van der Waals surface area contributed by atoms with E-state index in [4.69, 9.17) is 9.40 Å². The van der Waals surface area contributed by atoms with E-state index >= 15 is 0 Å².